The number of halogens is 1. The minimum absolute atomic E-state index is 0. The van der Waals surface area contributed by atoms with Crippen molar-refractivity contribution in [3.63, 3.8) is 0 Å². The number of carboxylic acids is 1. The van der Waals surface area contributed by atoms with Crippen LogP contribution in [0.25, 0.3) is 0 Å². The second-order valence-corrected chi connectivity index (χ2v) is 3.67. The van der Waals surface area contributed by atoms with Crippen molar-refractivity contribution in [2.45, 2.75) is 0 Å². The molecule has 1 aliphatic rings. The van der Waals surface area contributed by atoms with E-state index in [4.69, 9.17) is 25.7 Å². The van der Waals surface area contributed by atoms with E-state index in [1.54, 1.807) is 0 Å². The molecule has 0 unspecified atom stereocenters. The summed E-state index contributed by atoms with van der Waals surface area (Å²) in [5.41, 5.74) is -0.342. The normalized spacial score (nSPS) is 12.7. The Hall–Kier alpha value is -0.595. The first-order valence-electron chi connectivity index (χ1n) is 4.64. The number of hydrogen-bond acceptors (Lipinski definition) is 6. The van der Waals surface area contributed by atoms with E-state index in [9.17, 15) is 14.9 Å². The van der Waals surface area contributed by atoms with E-state index >= 15 is 0 Å². The van der Waals surface area contributed by atoms with Crippen LogP contribution in [0.1, 0.15) is 10.4 Å². The van der Waals surface area contributed by atoms with E-state index in [0.29, 0.717) is 0 Å². The molecule has 0 amide bonds. The van der Waals surface area contributed by atoms with Crippen molar-refractivity contribution in [3.05, 3.63) is 16.7 Å². The molecule has 1 heterocycles. The summed E-state index contributed by atoms with van der Waals surface area (Å²) in [5, 5.41) is 20.4. The van der Waals surface area contributed by atoms with Gasteiger partial charge in [-0.25, -0.2) is 0 Å². The van der Waals surface area contributed by atoms with Gasteiger partial charge < -0.3 is 29.1 Å². The van der Waals surface area contributed by atoms with Gasteiger partial charge in [-0.15, -0.1) is 0 Å². The Balaban J connectivity index is 0.00000162. The molecule has 0 saturated carbocycles. The summed E-state index contributed by atoms with van der Waals surface area (Å²) in [6, 6.07) is 1.28. The van der Waals surface area contributed by atoms with Gasteiger partial charge >= 0.3 is 36.7 Å². The Morgan fingerprint density at radius 3 is 2.83 bits per heavy atom. The summed E-state index contributed by atoms with van der Waals surface area (Å²) < 4.78 is 15.0. The first-order chi connectivity index (χ1) is 8.04. The van der Waals surface area contributed by atoms with Gasteiger partial charge in [0.2, 0.25) is 0 Å². The van der Waals surface area contributed by atoms with Gasteiger partial charge in [0.25, 0.3) is 0 Å². The molecule has 9 heteroatoms. The first kappa shape index (κ1) is 15.5. The van der Waals surface area contributed by atoms with E-state index in [1.165, 1.54) is 13.2 Å². The summed E-state index contributed by atoms with van der Waals surface area (Å²) in [6.07, 6.45) is 0. The summed E-state index contributed by atoms with van der Waals surface area (Å²) in [4.78, 5) is 11.0. The van der Waals surface area contributed by atoms with Crippen LogP contribution in [0.3, 0.4) is 0 Å². The Bertz CT molecular complexity index is 483. The van der Waals surface area contributed by atoms with Crippen molar-refractivity contribution in [1.29, 1.82) is 0 Å². The molecular weight excluding hydrogens is 273 g/mol. The molecular formula is C9H7BClNaO6. The number of rotatable bonds is 2. The molecule has 1 N–H and O–H groups in total. The number of carboxylic acid groups (broad SMARTS) is 1. The fourth-order valence-electron chi connectivity index (χ4n) is 1.51. The molecule has 6 nitrogen and oxygen atoms in total. The standard InChI is InChI=1S/C9H8BClO6.Na/c1-15-5-2-4(11)7-8(6(5)9(12)13)17-10(14)3-16-7;/h2,14H,3H2,1H3,(H,12,13);/q;+1/p-1. The fraction of sp³-hybridized carbons (Fsp3) is 0.222. The predicted octanol–water partition coefficient (Wildman–Crippen LogP) is -3.49. The van der Waals surface area contributed by atoms with Crippen LogP contribution in [-0.2, 0) is 0 Å². The average molecular weight is 280 g/mol. The number of benzene rings is 1. The third-order valence-corrected chi connectivity index (χ3v) is 2.48. The third-order valence-electron chi connectivity index (χ3n) is 2.20. The summed E-state index contributed by atoms with van der Waals surface area (Å²) >= 11 is 5.87. The molecule has 0 saturated heterocycles. The largest absolute Gasteiger partial charge is 1.00 e. The maximum absolute atomic E-state index is 11.0. The van der Waals surface area contributed by atoms with Crippen molar-refractivity contribution < 1.29 is 58.6 Å². The molecule has 0 aliphatic carbocycles. The van der Waals surface area contributed by atoms with Gasteiger partial charge in [0.1, 0.15) is 12.3 Å². The number of fused-ring (bicyclic) bond motifs is 1. The van der Waals surface area contributed by atoms with Crippen LogP contribution in [0.5, 0.6) is 17.2 Å². The van der Waals surface area contributed by atoms with Crippen molar-refractivity contribution in [2.75, 3.05) is 13.6 Å². The molecule has 0 radical (unpaired) electrons. The van der Waals surface area contributed by atoms with E-state index < -0.39 is 13.1 Å². The zero-order valence-corrected chi connectivity index (χ0v) is 12.5. The van der Waals surface area contributed by atoms with Crippen LogP contribution in [-0.4, -0.2) is 31.7 Å². The molecule has 1 aliphatic heterocycles. The SMILES string of the molecule is COc1cc(Cl)c2c(c1C(=O)[O-])OB(O)CO2.[Na+]. The Kier molecular flexibility index (Phi) is 5.18. The van der Waals surface area contributed by atoms with Gasteiger partial charge in [0.05, 0.1) is 23.7 Å². The molecule has 1 aromatic carbocycles. The van der Waals surface area contributed by atoms with Gasteiger partial charge in [-0.05, 0) is 0 Å². The zero-order chi connectivity index (χ0) is 12.6. The van der Waals surface area contributed by atoms with Gasteiger partial charge in [-0.3, -0.25) is 0 Å². The van der Waals surface area contributed by atoms with Gasteiger partial charge in [-0.1, -0.05) is 11.6 Å². The van der Waals surface area contributed by atoms with Crippen molar-refractivity contribution in [1.82, 2.24) is 0 Å². The van der Waals surface area contributed by atoms with Crippen LogP contribution in [0, 0.1) is 0 Å². The maximum Gasteiger partial charge on any atom is 1.00 e. The molecule has 0 fully saturated rings. The molecule has 2 rings (SSSR count). The topological polar surface area (TPSA) is 88.1 Å². The van der Waals surface area contributed by atoms with Crippen LogP contribution in [0.4, 0.5) is 0 Å². The molecule has 0 bridgehead atoms. The van der Waals surface area contributed by atoms with Crippen molar-refractivity contribution in [2.24, 2.45) is 0 Å². The fourth-order valence-corrected chi connectivity index (χ4v) is 1.75. The zero-order valence-electron chi connectivity index (χ0n) is 9.73. The smallest absolute Gasteiger partial charge is 0.545 e. The molecule has 0 atom stereocenters. The van der Waals surface area contributed by atoms with Gasteiger partial charge in [-0.2, -0.15) is 0 Å². The Labute approximate surface area is 130 Å². The maximum atomic E-state index is 11.0. The molecule has 18 heavy (non-hydrogen) atoms. The van der Waals surface area contributed by atoms with Crippen LogP contribution in [0.2, 0.25) is 5.02 Å². The van der Waals surface area contributed by atoms with Crippen LogP contribution >= 0.6 is 11.6 Å². The Morgan fingerprint density at radius 2 is 2.28 bits per heavy atom. The molecule has 0 spiro atoms. The summed E-state index contributed by atoms with van der Waals surface area (Å²) in [6.45, 7) is -0.133. The van der Waals surface area contributed by atoms with Crippen molar-refractivity contribution in [3.8, 4) is 17.2 Å². The number of aromatic carboxylic acids is 1. The van der Waals surface area contributed by atoms with E-state index in [0.717, 1.165) is 0 Å². The second kappa shape index (κ2) is 6.03. The van der Waals surface area contributed by atoms with E-state index in [-0.39, 0.29) is 63.9 Å². The predicted molar refractivity (Wildman–Crippen MR) is 56.4 cm³/mol. The van der Waals surface area contributed by atoms with Crippen LogP contribution < -0.4 is 48.8 Å². The molecule has 90 valence electrons. The number of carbonyl (C=O) groups is 1. The second-order valence-electron chi connectivity index (χ2n) is 3.26. The average Bonchev–Trinajstić information content (AvgIpc) is 2.27. The third kappa shape index (κ3) is 2.70. The number of methoxy groups -OCH3 is 1. The first-order valence-corrected chi connectivity index (χ1v) is 5.01. The minimum Gasteiger partial charge on any atom is -0.545 e. The summed E-state index contributed by atoms with van der Waals surface area (Å²) in [7, 11) is 0.0220. The molecule has 0 aromatic heterocycles. The Morgan fingerprint density at radius 1 is 1.61 bits per heavy atom. The minimum atomic E-state index is -1.51. The van der Waals surface area contributed by atoms with Gasteiger partial charge in [0, 0.05) is 6.07 Å². The summed E-state index contributed by atoms with van der Waals surface area (Å²) in [5.74, 6) is -1.66. The number of carbonyl (C=O) groups excluding carboxylic acids is 1. The quantitative estimate of drug-likeness (QED) is 0.566. The molecule has 1 aromatic rings. The van der Waals surface area contributed by atoms with E-state index in [1.807, 2.05) is 0 Å². The monoisotopic (exact) mass is 280 g/mol. The number of hydrogen-bond donors (Lipinski definition) is 1. The van der Waals surface area contributed by atoms with Crippen molar-refractivity contribution >= 4 is 24.7 Å². The van der Waals surface area contributed by atoms with Gasteiger partial charge in [0.15, 0.2) is 11.5 Å². The van der Waals surface area contributed by atoms with Crippen LogP contribution in [0.15, 0.2) is 6.07 Å². The van der Waals surface area contributed by atoms with E-state index in [2.05, 4.69) is 0 Å². The number of ether oxygens (including phenoxy) is 2.